The summed E-state index contributed by atoms with van der Waals surface area (Å²) in [5, 5.41) is 0.368. The number of hydrogen-bond donors (Lipinski definition) is 1. The molecule has 0 fully saturated rings. The molecule has 1 aliphatic heterocycles. The molecule has 0 spiro atoms. The molecule has 0 radical (unpaired) electrons. The second kappa shape index (κ2) is 6.51. The van der Waals surface area contributed by atoms with Crippen LogP contribution in [0, 0.1) is 0 Å². The Morgan fingerprint density at radius 1 is 1.31 bits per heavy atom. The van der Waals surface area contributed by atoms with E-state index >= 15 is 0 Å². The highest BCUT2D eigenvalue weighted by Crippen LogP contribution is 2.30. The normalized spacial score (nSPS) is 16.1. The van der Waals surface area contributed by atoms with Crippen molar-refractivity contribution in [3.63, 3.8) is 0 Å². The van der Waals surface area contributed by atoms with Crippen molar-refractivity contribution in [2.24, 2.45) is 0 Å². The van der Waals surface area contributed by atoms with Crippen LogP contribution in [0.4, 0.5) is 5.13 Å². The summed E-state index contributed by atoms with van der Waals surface area (Å²) in [5.74, 6) is 0.0130. The van der Waals surface area contributed by atoms with Gasteiger partial charge in [-0.1, -0.05) is 29.6 Å². The highest BCUT2D eigenvalue weighted by molar-refractivity contribution is 7.92. The summed E-state index contributed by atoms with van der Waals surface area (Å²) < 4.78 is 25.2. The van der Waals surface area contributed by atoms with E-state index in [1.807, 2.05) is 23.1 Å². The SMILES string of the molecule is CS(=O)(=O)Nc1nc2c(s1)CN(C(=O)c1ccc3c(c1)CCC=C3)CC2. The topological polar surface area (TPSA) is 79.4 Å². The van der Waals surface area contributed by atoms with E-state index in [1.54, 1.807) is 0 Å². The van der Waals surface area contributed by atoms with Crippen molar-refractivity contribution < 1.29 is 13.2 Å². The molecular weight excluding hydrogens is 370 g/mol. The van der Waals surface area contributed by atoms with Crippen LogP contribution in [0.25, 0.3) is 6.08 Å². The zero-order chi connectivity index (χ0) is 18.3. The third-order valence-electron chi connectivity index (χ3n) is 4.56. The summed E-state index contributed by atoms with van der Waals surface area (Å²) in [6.45, 7) is 1.05. The van der Waals surface area contributed by atoms with E-state index in [-0.39, 0.29) is 5.91 Å². The van der Waals surface area contributed by atoms with Crippen molar-refractivity contribution >= 4 is 38.5 Å². The summed E-state index contributed by atoms with van der Waals surface area (Å²) in [4.78, 5) is 20.0. The molecule has 0 bridgehead atoms. The number of rotatable bonds is 3. The van der Waals surface area contributed by atoms with Gasteiger partial charge in [0, 0.05) is 23.4 Å². The Morgan fingerprint density at radius 2 is 2.15 bits per heavy atom. The molecule has 0 unspecified atom stereocenters. The molecule has 2 aliphatic rings. The summed E-state index contributed by atoms with van der Waals surface area (Å²) >= 11 is 1.30. The first-order valence-corrected chi connectivity index (χ1v) is 11.1. The monoisotopic (exact) mass is 389 g/mol. The summed E-state index contributed by atoms with van der Waals surface area (Å²) in [5.41, 5.74) is 3.99. The molecule has 0 saturated carbocycles. The first-order chi connectivity index (χ1) is 12.4. The van der Waals surface area contributed by atoms with Crippen LogP contribution < -0.4 is 4.72 Å². The molecule has 2 aromatic rings. The maximum atomic E-state index is 12.9. The van der Waals surface area contributed by atoms with Gasteiger partial charge in [-0.15, -0.1) is 0 Å². The number of aryl methyl sites for hydroxylation is 1. The van der Waals surface area contributed by atoms with Crippen LogP contribution in [0.1, 0.15) is 38.5 Å². The Labute approximate surface area is 156 Å². The second-order valence-corrected chi connectivity index (χ2v) is 9.43. The molecule has 1 aromatic heterocycles. The number of sulfonamides is 1. The van der Waals surface area contributed by atoms with Gasteiger partial charge in [0.1, 0.15) is 0 Å². The molecule has 0 atom stereocenters. The van der Waals surface area contributed by atoms with E-state index in [9.17, 15) is 13.2 Å². The van der Waals surface area contributed by atoms with Crippen LogP contribution in [0.2, 0.25) is 0 Å². The molecule has 1 N–H and O–H groups in total. The van der Waals surface area contributed by atoms with Gasteiger partial charge in [0.15, 0.2) is 5.13 Å². The van der Waals surface area contributed by atoms with Crippen molar-refractivity contribution in [3.05, 3.63) is 51.5 Å². The molecule has 8 heteroatoms. The average Bonchev–Trinajstić information content (AvgIpc) is 3.00. The van der Waals surface area contributed by atoms with Gasteiger partial charge in [-0.25, -0.2) is 13.4 Å². The van der Waals surface area contributed by atoms with E-state index < -0.39 is 10.0 Å². The number of amides is 1. The van der Waals surface area contributed by atoms with Crippen LogP contribution in [0.15, 0.2) is 24.3 Å². The number of anilines is 1. The van der Waals surface area contributed by atoms with Crippen LogP contribution >= 0.6 is 11.3 Å². The molecule has 6 nitrogen and oxygen atoms in total. The number of carbonyl (C=O) groups is 1. The largest absolute Gasteiger partial charge is 0.333 e. The zero-order valence-corrected chi connectivity index (χ0v) is 16.0. The minimum Gasteiger partial charge on any atom is -0.333 e. The molecule has 1 aliphatic carbocycles. The van der Waals surface area contributed by atoms with E-state index in [0.717, 1.165) is 29.7 Å². The number of fused-ring (bicyclic) bond motifs is 2. The van der Waals surface area contributed by atoms with Crippen molar-refractivity contribution in [1.29, 1.82) is 0 Å². The Bertz CT molecular complexity index is 1010. The Kier molecular flexibility index (Phi) is 4.32. The molecule has 1 amide bonds. The van der Waals surface area contributed by atoms with Gasteiger partial charge in [-0.2, -0.15) is 0 Å². The molecule has 1 aromatic carbocycles. The average molecular weight is 390 g/mol. The van der Waals surface area contributed by atoms with Gasteiger partial charge < -0.3 is 4.90 Å². The van der Waals surface area contributed by atoms with Crippen molar-refractivity contribution in [3.8, 4) is 0 Å². The molecule has 26 heavy (non-hydrogen) atoms. The second-order valence-electron chi connectivity index (χ2n) is 6.59. The maximum absolute atomic E-state index is 12.9. The highest BCUT2D eigenvalue weighted by Gasteiger charge is 2.26. The lowest BCUT2D eigenvalue weighted by molar-refractivity contribution is 0.0736. The predicted molar refractivity (Wildman–Crippen MR) is 103 cm³/mol. The first-order valence-electron chi connectivity index (χ1n) is 8.44. The van der Waals surface area contributed by atoms with Crippen molar-refractivity contribution in [1.82, 2.24) is 9.88 Å². The number of nitrogens with one attached hydrogen (secondary N) is 1. The maximum Gasteiger partial charge on any atom is 0.254 e. The Morgan fingerprint density at radius 3 is 2.96 bits per heavy atom. The number of aromatic nitrogens is 1. The smallest absolute Gasteiger partial charge is 0.254 e. The van der Waals surface area contributed by atoms with E-state index in [1.165, 1.54) is 22.5 Å². The summed E-state index contributed by atoms with van der Waals surface area (Å²) in [7, 11) is -3.35. The van der Waals surface area contributed by atoms with E-state index in [2.05, 4.69) is 21.9 Å². The minimum atomic E-state index is -3.35. The van der Waals surface area contributed by atoms with Crippen LogP contribution in [0.5, 0.6) is 0 Å². The number of nitrogens with zero attached hydrogens (tertiary/aromatic N) is 2. The van der Waals surface area contributed by atoms with Gasteiger partial charge in [0.05, 0.1) is 18.5 Å². The predicted octanol–water partition coefficient (Wildman–Crippen LogP) is 2.67. The molecular formula is C18H19N3O3S2. The third kappa shape index (κ3) is 3.52. The summed E-state index contributed by atoms with van der Waals surface area (Å²) in [6, 6.07) is 5.89. The van der Waals surface area contributed by atoms with Crippen LogP contribution in [-0.2, 0) is 29.4 Å². The molecule has 136 valence electrons. The quantitative estimate of drug-likeness (QED) is 0.875. The Hall–Kier alpha value is -2.19. The van der Waals surface area contributed by atoms with Gasteiger partial charge in [-0.3, -0.25) is 9.52 Å². The van der Waals surface area contributed by atoms with E-state index in [4.69, 9.17) is 0 Å². The first kappa shape index (κ1) is 17.2. The zero-order valence-electron chi connectivity index (χ0n) is 14.4. The van der Waals surface area contributed by atoms with Gasteiger partial charge >= 0.3 is 0 Å². The lowest BCUT2D eigenvalue weighted by atomic mass is 9.95. The van der Waals surface area contributed by atoms with Gasteiger partial charge in [0.2, 0.25) is 10.0 Å². The number of thiazole rings is 1. The molecule has 2 heterocycles. The minimum absolute atomic E-state index is 0.0130. The van der Waals surface area contributed by atoms with Crippen molar-refractivity contribution in [2.75, 3.05) is 17.5 Å². The number of allylic oxidation sites excluding steroid dienone is 1. The van der Waals surface area contributed by atoms with Crippen LogP contribution in [0.3, 0.4) is 0 Å². The number of hydrogen-bond acceptors (Lipinski definition) is 5. The van der Waals surface area contributed by atoms with Crippen LogP contribution in [-0.4, -0.2) is 37.0 Å². The molecule has 0 saturated heterocycles. The fraction of sp³-hybridized carbons (Fsp3) is 0.333. The number of benzene rings is 1. The Balaban J connectivity index is 1.53. The summed E-state index contributed by atoms with van der Waals surface area (Å²) in [6.07, 6.45) is 7.97. The van der Waals surface area contributed by atoms with Gasteiger partial charge in [-0.05, 0) is 36.1 Å². The highest BCUT2D eigenvalue weighted by atomic mass is 32.2. The third-order valence-corrected chi connectivity index (χ3v) is 6.25. The molecule has 4 rings (SSSR count). The van der Waals surface area contributed by atoms with Gasteiger partial charge in [0.25, 0.3) is 5.91 Å². The lowest BCUT2D eigenvalue weighted by Gasteiger charge is -2.26. The number of carbonyl (C=O) groups excluding carboxylic acids is 1. The van der Waals surface area contributed by atoms with E-state index in [0.29, 0.717) is 30.2 Å². The standard InChI is InChI=1S/C18H19N3O3S2/c1-26(23,24)20-18-19-15-8-9-21(11-16(15)25-18)17(22)14-7-6-12-4-2-3-5-13(12)10-14/h2,4,6-7,10H,3,5,8-9,11H2,1H3,(H,19,20). The fourth-order valence-electron chi connectivity index (χ4n) is 3.32. The fourth-order valence-corrected chi connectivity index (χ4v) is 5.18. The van der Waals surface area contributed by atoms with Crippen molar-refractivity contribution in [2.45, 2.75) is 25.8 Å². The lowest BCUT2D eigenvalue weighted by Crippen LogP contribution is -2.35.